The lowest BCUT2D eigenvalue weighted by Gasteiger charge is -2.17. The Morgan fingerprint density at radius 1 is 1.54 bits per heavy atom. The van der Waals surface area contributed by atoms with Gasteiger partial charge in [0.05, 0.1) is 13.2 Å². The van der Waals surface area contributed by atoms with Gasteiger partial charge in [-0.05, 0) is 12.3 Å². The molecule has 3 N–H and O–H groups in total. The van der Waals surface area contributed by atoms with Gasteiger partial charge >= 0.3 is 0 Å². The maximum absolute atomic E-state index is 8.67. The van der Waals surface area contributed by atoms with Gasteiger partial charge in [0.2, 0.25) is 0 Å². The second-order valence-electron chi connectivity index (χ2n) is 3.57. The van der Waals surface area contributed by atoms with E-state index < -0.39 is 0 Å². The molecular weight excluding hydrogens is 164 g/mol. The summed E-state index contributed by atoms with van der Waals surface area (Å²) in [6.45, 7) is 7.08. The van der Waals surface area contributed by atoms with Crippen LogP contribution in [0.25, 0.3) is 0 Å². The van der Waals surface area contributed by atoms with Crippen LogP contribution in [0.2, 0.25) is 0 Å². The number of aliphatic hydroxyl groups is 1. The Hall–Kier alpha value is -0.540. The molecule has 0 aromatic carbocycles. The molecule has 0 unspecified atom stereocenters. The van der Waals surface area contributed by atoms with Gasteiger partial charge in [-0.2, -0.15) is 0 Å². The molecule has 0 spiro atoms. The smallest absolute Gasteiger partial charge is 0.0622 e. The maximum Gasteiger partial charge on any atom is 0.0622 e. The minimum Gasteiger partial charge on any atom is -0.394 e. The number of hydrazine groups is 1. The lowest BCUT2D eigenvalue weighted by Crippen LogP contribution is -2.29. The summed E-state index contributed by atoms with van der Waals surface area (Å²) in [5.41, 5.74) is 1.35. The van der Waals surface area contributed by atoms with Crippen LogP contribution in [-0.4, -0.2) is 23.3 Å². The summed E-state index contributed by atoms with van der Waals surface area (Å²) in [5.74, 6) is 6.18. The standard InChI is InChI=1S/C10H22N2O/c1-4-5-10(9(2)3)8-12(11)6-7-13/h8-9,13H,4-7,11H2,1-3H3/b10-8+. The number of nitrogens with two attached hydrogens (primary N) is 1. The fourth-order valence-corrected chi connectivity index (χ4v) is 1.18. The molecule has 3 heteroatoms. The molecule has 0 aromatic heterocycles. The Balaban J connectivity index is 4.16. The quantitative estimate of drug-likeness (QED) is 0.488. The van der Waals surface area contributed by atoms with Gasteiger partial charge in [0.1, 0.15) is 0 Å². The second kappa shape index (κ2) is 6.92. The van der Waals surface area contributed by atoms with Crippen molar-refractivity contribution in [3.63, 3.8) is 0 Å². The summed E-state index contributed by atoms with van der Waals surface area (Å²) < 4.78 is 0. The van der Waals surface area contributed by atoms with E-state index in [0.29, 0.717) is 12.5 Å². The van der Waals surface area contributed by atoms with Crippen LogP contribution in [0.1, 0.15) is 33.6 Å². The Morgan fingerprint density at radius 2 is 2.15 bits per heavy atom. The van der Waals surface area contributed by atoms with E-state index in [4.69, 9.17) is 10.9 Å². The lowest BCUT2D eigenvalue weighted by molar-refractivity contribution is 0.237. The number of hydrogen-bond donors (Lipinski definition) is 2. The molecule has 0 aliphatic heterocycles. The molecule has 0 fully saturated rings. The first-order valence-electron chi connectivity index (χ1n) is 4.94. The molecule has 0 aromatic rings. The fourth-order valence-electron chi connectivity index (χ4n) is 1.18. The zero-order chi connectivity index (χ0) is 10.3. The molecule has 0 bridgehead atoms. The topological polar surface area (TPSA) is 49.5 Å². The van der Waals surface area contributed by atoms with E-state index in [2.05, 4.69) is 20.8 Å². The summed E-state index contributed by atoms with van der Waals surface area (Å²) in [6, 6.07) is 0. The largest absolute Gasteiger partial charge is 0.394 e. The SMILES string of the molecule is CCC/C(=C\N(N)CCO)C(C)C. The van der Waals surface area contributed by atoms with Gasteiger partial charge in [0.25, 0.3) is 0 Å². The van der Waals surface area contributed by atoms with Crippen molar-refractivity contribution in [2.24, 2.45) is 11.8 Å². The van der Waals surface area contributed by atoms with E-state index >= 15 is 0 Å². The van der Waals surface area contributed by atoms with Gasteiger partial charge in [-0.1, -0.05) is 32.8 Å². The highest BCUT2D eigenvalue weighted by atomic mass is 16.3. The van der Waals surface area contributed by atoms with Crippen LogP contribution in [0.3, 0.4) is 0 Å². The third-order valence-corrected chi connectivity index (χ3v) is 1.97. The second-order valence-corrected chi connectivity index (χ2v) is 3.57. The predicted molar refractivity (Wildman–Crippen MR) is 55.8 cm³/mol. The highest BCUT2D eigenvalue weighted by molar-refractivity contribution is 5.03. The van der Waals surface area contributed by atoms with Crippen molar-refractivity contribution < 1.29 is 5.11 Å². The van der Waals surface area contributed by atoms with Gasteiger partial charge in [-0.15, -0.1) is 0 Å². The van der Waals surface area contributed by atoms with Crippen molar-refractivity contribution in [3.05, 3.63) is 11.8 Å². The van der Waals surface area contributed by atoms with Gasteiger partial charge in [0, 0.05) is 6.20 Å². The van der Waals surface area contributed by atoms with Crippen molar-refractivity contribution in [2.45, 2.75) is 33.6 Å². The molecule has 0 saturated heterocycles. The van der Waals surface area contributed by atoms with Crippen LogP contribution in [0.5, 0.6) is 0 Å². The van der Waals surface area contributed by atoms with Crippen LogP contribution in [0.4, 0.5) is 0 Å². The summed E-state index contributed by atoms with van der Waals surface area (Å²) in [5, 5.41) is 10.2. The van der Waals surface area contributed by atoms with Crippen molar-refractivity contribution in [1.29, 1.82) is 0 Å². The minimum absolute atomic E-state index is 0.102. The van der Waals surface area contributed by atoms with Crippen LogP contribution < -0.4 is 5.84 Å². The van der Waals surface area contributed by atoms with E-state index in [9.17, 15) is 0 Å². The Kier molecular flexibility index (Phi) is 6.63. The zero-order valence-electron chi connectivity index (χ0n) is 8.95. The summed E-state index contributed by atoms with van der Waals surface area (Å²) in [4.78, 5) is 0. The van der Waals surface area contributed by atoms with E-state index in [-0.39, 0.29) is 6.61 Å². The summed E-state index contributed by atoms with van der Waals surface area (Å²) >= 11 is 0. The van der Waals surface area contributed by atoms with E-state index in [1.54, 1.807) is 5.01 Å². The molecule has 0 saturated carbocycles. The zero-order valence-corrected chi connectivity index (χ0v) is 8.95. The molecule has 0 aliphatic carbocycles. The summed E-state index contributed by atoms with van der Waals surface area (Å²) in [7, 11) is 0. The van der Waals surface area contributed by atoms with Crippen LogP contribution in [-0.2, 0) is 0 Å². The minimum atomic E-state index is 0.102. The Labute approximate surface area is 81.2 Å². The van der Waals surface area contributed by atoms with Crippen molar-refractivity contribution >= 4 is 0 Å². The van der Waals surface area contributed by atoms with Crippen LogP contribution in [0, 0.1) is 5.92 Å². The molecule has 0 aliphatic rings. The molecule has 13 heavy (non-hydrogen) atoms. The van der Waals surface area contributed by atoms with E-state index in [1.165, 1.54) is 5.57 Å². The van der Waals surface area contributed by atoms with Gasteiger partial charge < -0.3 is 10.1 Å². The molecule has 0 heterocycles. The molecule has 3 nitrogen and oxygen atoms in total. The molecule has 78 valence electrons. The lowest BCUT2D eigenvalue weighted by atomic mass is 10.00. The predicted octanol–water partition coefficient (Wildman–Crippen LogP) is 1.49. The molecule has 0 radical (unpaired) electrons. The van der Waals surface area contributed by atoms with Crippen LogP contribution in [0.15, 0.2) is 11.8 Å². The Bertz CT molecular complexity index is 155. The van der Waals surface area contributed by atoms with Crippen molar-refractivity contribution in [3.8, 4) is 0 Å². The number of nitrogens with zero attached hydrogens (tertiary/aromatic N) is 1. The number of hydrogen-bond acceptors (Lipinski definition) is 3. The maximum atomic E-state index is 8.67. The first kappa shape index (κ1) is 12.5. The number of rotatable bonds is 6. The molecule has 0 atom stereocenters. The third kappa shape index (κ3) is 5.66. The average molecular weight is 186 g/mol. The van der Waals surface area contributed by atoms with E-state index in [0.717, 1.165) is 12.8 Å². The summed E-state index contributed by atoms with van der Waals surface area (Å²) in [6.07, 6.45) is 4.16. The van der Waals surface area contributed by atoms with Crippen molar-refractivity contribution in [2.75, 3.05) is 13.2 Å². The van der Waals surface area contributed by atoms with Crippen LogP contribution >= 0.6 is 0 Å². The number of aliphatic hydroxyl groups excluding tert-OH is 1. The van der Waals surface area contributed by atoms with E-state index in [1.807, 2.05) is 6.20 Å². The number of allylic oxidation sites excluding steroid dienone is 1. The molecule has 0 amide bonds. The van der Waals surface area contributed by atoms with Gasteiger partial charge in [0.15, 0.2) is 0 Å². The highest BCUT2D eigenvalue weighted by Gasteiger charge is 2.03. The Morgan fingerprint density at radius 3 is 2.54 bits per heavy atom. The normalized spacial score (nSPS) is 12.3. The van der Waals surface area contributed by atoms with Gasteiger partial charge in [-0.3, -0.25) is 0 Å². The monoisotopic (exact) mass is 186 g/mol. The first-order valence-corrected chi connectivity index (χ1v) is 4.94. The third-order valence-electron chi connectivity index (χ3n) is 1.97. The average Bonchev–Trinajstić information content (AvgIpc) is 2.04. The van der Waals surface area contributed by atoms with Gasteiger partial charge in [-0.25, -0.2) is 5.84 Å². The first-order chi connectivity index (χ1) is 6.11. The molecule has 0 rings (SSSR count). The highest BCUT2D eigenvalue weighted by Crippen LogP contribution is 2.15. The molecular formula is C10H22N2O. The van der Waals surface area contributed by atoms with Crippen molar-refractivity contribution in [1.82, 2.24) is 5.01 Å². The fraction of sp³-hybridized carbons (Fsp3) is 0.800.